The van der Waals surface area contributed by atoms with Crippen LogP contribution >= 0.6 is 0 Å². The molecule has 120 valence electrons. The minimum atomic E-state index is -0.701. The van der Waals surface area contributed by atoms with Crippen molar-refractivity contribution in [2.75, 3.05) is 20.5 Å². The van der Waals surface area contributed by atoms with E-state index in [1.54, 1.807) is 7.11 Å². The summed E-state index contributed by atoms with van der Waals surface area (Å²) < 4.78 is 15.7. The molecule has 2 aliphatic rings. The quantitative estimate of drug-likeness (QED) is 0.460. The highest BCUT2D eigenvalue weighted by Gasteiger charge is 2.49. The number of ether oxygens (including phenoxy) is 3. The molecule has 0 bridgehead atoms. The van der Waals surface area contributed by atoms with Gasteiger partial charge in [0.1, 0.15) is 6.79 Å². The Balaban J connectivity index is 2.13. The lowest BCUT2D eigenvalue weighted by molar-refractivity contribution is -0.146. The normalized spacial score (nSPS) is 37.5. The number of esters is 1. The maximum absolute atomic E-state index is 11.8. The molecular weight excluding hydrogens is 272 g/mol. The molecule has 5 heteroatoms. The fraction of sp³-hybridized carbons (Fsp3) is 0.812. The van der Waals surface area contributed by atoms with Crippen molar-refractivity contribution in [3.05, 3.63) is 12.2 Å². The summed E-state index contributed by atoms with van der Waals surface area (Å²) in [6, 6.07) is 0. The lowest BCUT2D eigenvalue weighted by Crippen LogP contribution is -2.38. The second-order valence-electron chi connectivity index (χ2n) is 6.29. The highest BCUT2D eigenvalue weighted by Crippen LogP contribution is 2.46. The van der Waals surface area contributed by atoms with Crippen LogP contribution in [0.25, 0.3) is 0 Å². The van der Waals surface area contributed by atoms with Crippen LogP contribution in [-0.4, -0.2) is 43.8 Å². The van der Waals surface area contributed by atoms with E-state index in [-0.39, 0.29) is 36.6 Å². The van der Waals surface area contributed by atoms with Crippen LogP contribution in [0.15, 0.2) is 12.2 Å². The average Bonchev–Trinajstić information content (AvgIpc) is 3.00. The van der Waals surface area contributed by atoms with Gasteiger partial charge in [-0.1, -0.05) is 19.1 Å². The maximum atomic E-state index is 11.8. The number of hydrogen-bond donors (Lipinski definition) is 1. The minimum Gasteiger partial charge on any atom is -0.465 e. The van der Waals surface area contributed by atoms with Crippen molar-refractivity contribution >= 4 is 5.97 Å². The predicted octanol–water partition coefficient (Wildman–Crippen LogP) is 1.75. The maximum Gasteiger partial charge on any atom is 0.311 e. The first kappa shape index (κ1) is 16.5. The Hall–Kier alpha value is -0.910. The summed E-state index contributed by atoms with van der Waals surface area (Å²) in [7, 11) is 1.59. The number of rotatable bonds is 6. The molecule has 0 aromatic rings. The monoisotopic (exact) mass is 298 g/mol. The van der Waals surface area contributed by atoms with Crippen LogP contribution in [0.2, 0.25) is 0 Å². The molecule has 21 heavy (non-hydrogen) atoms. The second-order valence-corrected chi connectivity index (χ2v) is 6.29. The zero-order valence-corrected chi connectivity index (χ0v) is 13.1. The molecule has 1 aliphatic carbocycles. The molecule has 6 atom stereocenters. The first-order valence-electron chi connectivity index (χ1n) is 7.58. The standard InChI is InChI=1S/C16H26O5/c1-9(2)12-7-13(21-8-19-4)10(3)14(12)15(17)11-5-6-20-16(11)18/h10-15,17H,1,5-8H2,2-4H3/t10-,11-,12+,13-,14+,15+/m0/s1. The Morgan fingerprint density at radius 1 is 1.57 bits per heavy atom. The summed E-state index contributed by atoms with van der Waals surface area (Å²) in [5.74, 6) is -0.424. The van der Waals surface area contributed by atoms with Gasteiger partial charge in [0.05, 0.1) is 24.7 Å². The van der Waals surface area contributed by atoms with E-state index in [0.717, 1.165) is 12.0 Å². The van der Waals surface area contributed by atoms with Crippen LogP contribution in [0, 0.1) is 23.7 Å². The summed E-state index contributed by atoms with van der Waals surface area (Å²) >= 11 is 0. The smallest absolute Gasteiger partial charge is 0.311 e. The molecule has 0 radical (unpaired) electrons. The Kier molecular flexibility index (Phi) is 5.41. The molecule has 1 heterocycles. The molecule has 1 saturated heterocycles. The zero-order chi connectivity index (χ0) is 15.6. The van der Waals surface area contributed by atoms with Crippen molar-refractivity contribution in [1.29, 1.82) is 0 Å². The van der Waals surface area contributed by atoms with Gasteiger partial charge < -0.3 is 19.3 Å². The van der Waals surface area contributed by atoms with Crippen molar-refractivity contribution in [2.45, 2.75) is 38.9 Å². The summed E-state index contributed by atoms with van der Waals surface area (Å²) in [5.41, 5.74) is 1.03. The number of methoxy groups -OCH3 is 1. The van der Waals surface area contributed by atoms with E-state index in [1.165, 1.54) is 0 Å². The number of aliphatic hydroxyl groups is 1. The van der Waals surface area contributed by atoms with Crippen molar-refractivity contribution in [3.8, 4) is 0 Å². The van der Waals surface area contributed by atoms with E-state index in [4.69, 9.17) is 14.2 Å². The molecule has 1 aliphatic heterocycles. The van der Waals surface area contributed by atoms with Gasteiger partial charge >= 0.3 is 5.97 Å². The molecule has 0 spiro atoms. The van der Waals surface area contributed by atoms with E-state index >= 15 is 0 Å². The summed E-state index contributed by atoms with van der Waals surface area (Å²) in [6.07, 6.45) is 0.718. The lowest BCUT2D eigenvalue weighted by Gasteiger charge is -2.31. The minimum absolute atomic E-state index is 0.0173. The predicted molar refractivity (Wildman–Crippen MR) is 77.4 cm³/mol. The average molecular weight is 298 g/mol. The molecular formula is C16H26O5. The summed E-state index contributed by atoms with van der Waals surface area (Å²) in [6.45, 7) is 8.74. The van der Waals surface area contributed by atoms with Gasteiger partial charge in [0.25, 0.3) is 0 Å². The number of allylic oxidation sites excluding steroid dienone is 1. The van der Waals surface area contributed by atoms with Crippen molar-refractivity contribution < 1.29 is 24.1 Å². The Morgan fingerprint density at radius 2 is 2.29 bits per heavy atom. The topological polar surface area (TPSA) is 65.0 Å². The van der Waals surface area contributed by atoms with Gasteiger partial charge in [-0.25, -0.2) is 0 Å². The van der Waals surface area contributed by atoms with Crippen LogP contribution in [0.1, 0.15) is 26.7 Å². The van der Waals surface area contributed by atoms with Gasteiger partial charge in [0.15, 0.2) is 0 Å². The van der Waals surface area contributed by atoms with Gasteiger partial charge in [-0.3, -0.25) is 4.79 Å². The van der Waals surface area contributed by atoms with Crippen LogP contribution in [0.5, 0.6) is 0 Å². The third-order valence-electron chi connectivity index (χ3n) is 4.96. The first-order chi connectivity index (χ1) is 9.97. The van der Waals surface area contributed by atoms with E-state index in [1.807, 2.05) is 6.92 Å². The number of carbonyl (C=O) groups excluding carboxylic acids is 1. The molecule has 1 N–H and O–H groups in total. The van der Waals surface area contributed by atoms with E-state index in [0.29, 0.717) is 13.0 Å². The molecule has 0 aromatic heterocycles. The zero-order valence-electron chi connectivity index (χ0n) is 13.1. The number of hydrogen-bond acceptors (Lipinski definition) is 5. The summed E-state index contributed by atoms with van der Waals surface area (Å²) in [5, 5.41) is 10.7. The Labute approximate surface area is 126 Å². The number of aliphatic hydroxyl groups excluding tert-OH is 1. The van der Waals surface area contributed by atoms with Gasteiger partial charge in [0.2, 0.25) is 0 Å². The first-order valence-corrected chi connectivity index (χ1v) is 7.58. The summed E-state index contributed by atoms with van der Waals surface area (Å²) in [4.78, 5) is 11.8. The van der Waals surface area contributed by atoms with Gasteiger partial charge in [-0.15, -0.1) is 0 Å². The highest BCUT2D eigenvalue weighted by atomic mass is 16.7. The van der Waals surface area contributed by atoms with Crippen LogP contribution in [0.4, 0.5) is 0 Å². The SMILES string of the molecule is C=C(C)[C@H]1C[C@H](OCOC)[C@H](C)[C@H]1[C@H](O)[C@@H]1CCOC1=O. The van der Waals surface area contributed by atoms with Crippen LogP contribution < -0.4 is 0 Å². The van der Waals surface area contributed by atoms with E-state index in [2.05, 4.69) is 13.5 Å². The fourth-order valence-electron chi connectivity index (χ4n) is 3.78. The fourth-order valence-corrected chi connectivity index (χ4v) is 3.78. The van der Waals surface area contributed by atoms with Gasteiger partial charge in [0, 0.05) is 7.11 Å². The van der Waals surface area contributed by atoms with Gasteiger partial charge in [-0.05, 0) is 37.5 Å². The third kappa shape index (κ3) is 3.30. The van der Waals surface area contributed by atoms with Crippen molar-refractivity contribution in [3.63, 3.8) is 0 Å². The molecule has 0 unspecified atom stereocenters. The Bertz CT molecular complexity index is 394. The van der Waals surface area contributed by atoms with Crippen LogP contribution in [0.3, 0.4) is 0 Å². The van der Waals surface area contributed by atoms with Crippen molar-refractivity contribution in [2.24, 2.45) is 23.7 Å². The van der Waals surface area contributed by atoms with Gasteiger partial charge in [-0.2, -0.15) is 0 Å². The second kappa shape index (κ2) is 6.90. The molecule has 2 fully saturated rings. The molecule has 0 amide bonds. The molecule has 5 nitrogen and oxygen atoms in total. The van der Waals surface area contributed by atoms with E-state index in [9.17, 15) is 9.90 Å². The highest BCUT2D eigenvalue weighted by molar-refractivity contribution is 5.74. The molecule has 0 aromatic carbocycles. The lowest BCUT2D eigenvalue weighted by atomic mass is 9.77. The largest absolute Gasteiger partial charge is 0.465 e. The molecule has 1 saturated carbocycles. The molecule has 2 rings (SSSR count). The Morgan fingerprint density at radius 3 is 2.81 bits per heavy atom. The van der Waals surface area contributed by atoms with Crippen LogP contribution in [-0.2, 0) is 19.0 Å². The van der Waals surface area contributed by atoms with Crippen molar-refractivity contribution in [1.82, 2.24) is 0 Å². The third-order valence-corrected chi connectivity index (χ3v) is 4.96. The van der Waals surface area contributed by atoms with E-state index < -0.39 is 12.0 Å². The number of carbonyl (C=O) groups is 1. The number of cyclic esters (lactones) is 1.